The second-order valence-electron chi connectivity index (χ2n) is 3.76. The van der Waals surface area contributed by atoms with Gasteiger partial charge in [0.1, 0.15) is 6.04 Å². The van der Waals surface area contributed by atoms with Crippen molar-refractivity contribution in [1.82, 2.24) is 4.72 Å². The van der Waals surface area contributed by atoms with Gasteiger partial charge in [-0.15, -0.1) is 0 Å². The monoisotopic (exact) mass is 218 g/mol. The van der Waals surface area contributed by atoms with Crippen molar-refractivity contribution >= 4 is 10.0 Å². The lowest BCUT2D eigenvalue weighted by molar-refractivity contribution is 0.551. The molecule has 0 aliphatic rings. The first-order valence-electron chi connectivity index (χ1n) is 4.81. The van der Waals surface area contributed by atoms with Crippen molar-refractivity contribution in [2.24, 2.45) is 5.92 Å². The molecule has 4 nitrogen and oxygen atoms in total. The highest BCUT2D eigenvalue weighted by atomic mass is 32.2. The number of sulfonamides is 1. The van der Waals surface area contributed by atoms with Crippen LogP contribution in [-0.4, -0.2) is 20.2 Å². The van der Waals surface area contributed by atoms with Gasteiger partial charge in [-0.25, -0.2) is 8.42 Å². The van der Waals surface area contributed by atoms with Crippen molar-refractivity contribution in [1.29, 1.82) is 5.26 Å². The number of nitrogens with one attached hydrogen (secondary N) is 1. The second-order valence-corrected chi connectivity index (χ2v) is 5.56. The summed E-state index contributed by atoms with van der Waals surface area (Å²) in [6, 6.07) is 1.36. The molecule has 0 fully saturated rings. The molecule has 5 heteroatoms. The molecule has 0 heterocycles. The van der Waals surface area contributed by atoms with Crippen LogP contribution in [0.5, 0.6) is 0 Å². The second kappa shape index (κ2) is 5.99. The van der Waals surface area contributed by atoms with Gasteiger partial charge in [-0.3, -0.25) is 0 Å². The first-order chi connectivity index (χ1) is 6.41. The standard InChI is InChI=1S/C9H18N2O2S/c1-4-5-9(6-10)11-14(12,13)7-8(2)3/h8-9,11H,4-5,7H2,1-3H3. The van der Waals surface area contributed by atoms with Crippen molar-refractivity contribution < 1.29 is 8.42 Å². The lowest BCUT2D eigenvalue weighted by atomic mass is 10.2. The molecule has 1 unspecified atom stereocenters. The van der Waals surface area contributed by atoms with Crippen LogP contribution in [0, 0.1) is 17.2 Å². The topological polar surface area (TPSA) is 70.0 Å². The van der Waals surface area contributed by atoms with E-state index in [9.17, 15) is 8.42 Å². The van der Waals surface area contributed by atoms with Crippen molar-refractivity contribution in [2.75, 3.05) is 5.75 Å². The van der Waals surface area contributed by atoms with Crippen LogP contribution in [0.4, 0.5) is 0 Å². The summed E-state index contributed by atoms with van der Waals surface area (Å²) in [4.78, 5) is 0. The minimum absolute atomic E-state index is 0.0773. The molecule has 0 radical (unpaired) electrons. The molecular formula is C9H18N2O2S. The van der Waals surface area contributed by atoms with Gasteiger partial charge in [0.25, 0.3) is 0 Å². The molecule has 0 aromatic carbocycles. The van der Waals surface area contributed by atoms with Crippen molar-refractivity contribution in [3.05, 3.63) is 0 Å². The van der Waals surface area contributed by atoms with Crippen LogP contribution in [0.2, 0.25) is 0 Å². The third-order valence-electron chi connectivity index (χ3n) is 1.61. The molecule has 0 rings (SSSR count). The van der Waals surface area contributed by atoms with E-state index in [1.165, 1.54) is 0 Å². The van der Waals surface area contributed by atoms with E-state index >= 15 is 0 Å². The predicted molar refractivity (Wildman–Crippen MR) is 56.1 cm³/mol. The lowest BCUT2D eigenvalue weighted by Crippen LogP contribution is -2.36. The van der Waals surface area contributed by atoms with E-state index in [0.29, 0.717) is 6.42 Å². The number of rotatable bonds is 6. The van der Waals surface area contributed by atoms with Crippen LogP contribution < -0.4 is 4.72 Å². The zero-order chi connectivity index (χ0) is 11.2. The quantitative estimate of drug-likeness (QED) is 0.729. The smallest absolute Gasteiger partial charge is 0.212 e. The fraction of sp³-hybridized carbons (Fsp3) is 0.889. The van der Waals surface area contributed by atoms with Gasteiger partial charge in [-0.2, -0.15) is 9.98 Å². The first kappa shape index (κ1) is 13.4. The van der Waals surface area contributed by atoms with E-state index in [0.717, 1.165) is 6.42 Å². The highest BCUT2D eigenvalue weighted by Gasteiger charge is 2.17. The molecule has 1 N–H and O–H groups in total. The third kappa shape index (κ3) is 5.95. The molecule has 0 aromatic rings. The number of nitriles is 1. The van der Waals surface area contributed by atoms with Gasteiger partial charge < -0.3 is 0 Å². The number of hydrogen-bond acceptors (Lipinski definition) is 3. The first-order valence-corrected chi connectivity index (χ1v) is 6.46. The SMILES string of the molecule is CCCC(C#N)NS(=O)(=O)CC(C)C. The van der Waals surface area contributed by atoms with Gasteiger partial charge in [0, 0.05) is 0 Å². The molecule has 14 heavy (non-hydrogen) atoms. The summed E-state index contributed by atoms with van der Waals surface area (Å²) in [5, 5.41) is 8.68. The maximum Gasteiger partial charge on any atom is 0.213 e. The van der Waals surface area contributed by atoms with E-state index in [1.54, 1.807) is 0 Å². The molecule has 0 saturated carbocycles. The van der Waals surface area contributed by atoms with Gasteiger partial charge in [0.15, 0.2) is 0 Å². The molecule has 0 bridgehead atoms. The molecule has 1 atom stereocenters. The fourth-order valence-corrected chi connectivity index (χ4v) is 2.72. The molecule has 0 aliphatic carbocycles. The molecule has 82 valence electrons. The van der Waals surface area contributed by atoms with Gasteiger partial charge >= 0.3 is 0 Å². The van der Waals surface area contributed by atoms with Gasteiger partial charge in [-0.1, -0.05) is 27.2 Å². The average Bonchev–Trinajstić information content (AvgIpc) is 2.00. The normalized spacial score (nSPS) is 13.9. The maximum absolute atomic E-state index is 11.4. The fourth-order valence-electron chi connectivity index (χ4n) is 1.14. The predicted octanol–water partition coefficient (Wildman–Crippen LogP) is 1.25. The number of nitrogens with zero attached hydrogens (tertiary/aromatic N) is 1. The van der Waals surface area contributed by atoms with E-state index in [4.69, 9.17) is 5.26 Å². The average molecular weight is 218 g/mol. The van der Waals surface area contributed by atoms with Crippen LogP contribution >= 0.6 is 0 Å². The van der Waals surface area contributed by atoms with Crippen molar-refractivity contribution in [3.63, 3.8) is 0 Å². The van der Waals surface area contributed by atoms with E-state index in [-0.39, 0.29) is 11.7 Å². The Hall–Kier alpha value is -0.600. The van der Waals surface area contributed by atoms with Gasteiger partial charge in [0.05, 0.1) is 11.8 Å². The summed E-state index contributed by atoms with van der Waals surface area (Å²) in [7, 11) is -3.29. The summed E-state index contributed by atoms with van der Waals surface area (Å²) in [5.74, 6) is 0.156. The Morgan fingerprint density at radius 3 is 2.36 bits per heavy atom. The number of hydrogen-bond donors (Lipinski definition) is 1. The molecular weight excluding hydrogens is 200 g/mol. The Balaban J connectivity index is 4.27. The highest BCUT2D eigenvalue weighted by Crippen LogP contribution is 2.02. The van der Waals surface area contributed by atoms with E-state index in [2.05, 4.69) is 4.72 Å². The molecule has 0 saturated heterocycles. The zero-order valence-corrected chi connectivity index (χ0v) is 9.76. The van der Waals surface area contributed by atoms with E-state index < -0.39 is 16.1 Å². The molecule has 0 spiro atoms. The zero-order valence-electron chi connectivity index (χ0n) is 8.95. The van der Waals surface area contributed by atoms with Gasteiger partial charge in [-0.05, 0) is 12.3 Å². The lowest BCUT2D eigenvalue weighted by Gasteiger charge is -2.12. The Morgan fingerprint density at radius 1 is 1.43 bits per heavy atom. The highest BCUT2D eigenvalue weighted by molar-refractivity contribution is 7.89. The molecule has 0 aliphatic heterocycles. The minimum atomic E-state index is -3.29. The van der Waals surface area contributed by atoms with Crippen LogP contribution in [0.15, 0.2) is 0 Å². The van der Waals surface area contributed by atoms with Crippen LogP contribution in [-0.2, 0) is 10.0 Å². The van der Waals surface area contributed by atoms with Crippen LogP contribution in [0.3, 0.4) is 0 Å². The summed E-state index contributed by atoms with van der Waals surface area (Å²) in [6.45, 7) is 5.59. The van der Waals surface area contributed by atoms with Crippen molar-refractivity contribution in [2.45, 2.75) is 39.7 Å². The Kier molecular flexibility index (Phi) is 5.73. The summed E-state index contributed by atoms with van der Waals surface area (Å²) < 4.78 is 25.2. The summed E-state index contributed by atoms with van der Waals surface area (Å²) in [5.41, 5.74) is 0. The molecule has 0 aromatic heterocycles. The largest absolute Gasteiger partial charge is 0.213 e. The molecule has 0 amide bonds. The summed E-state index contributed by atoms with van der Waals surface area (Å²) in [6.07, 6.45) is 1.36. The minimum Gasteiger partial charge on any atom is -0.212 e. The van der Waals surface area contributed by atoms with Crippen LogP contribution in [0.25, 0.3) is 0 Å². The van der Waals surface area contributed by atoms with Crippen molar-refractivity contribution in [3.8, 4) is 6.07 Å². The van der Waals surface area contributed by atoms with Crippen LogP contribution in [0.1, 0.15) is 33.6 Å². The summed E-state index contributed by atoms with van der Waals surface area (Å²) >= 11 is 0. The Labute approximate surface area is 86.4 Å². The Morgan fingerprint density at radius 2 is 2.00 bits per heavy atom. The third-order valence-corrected chi connectivity index (χ3v) is 3.36. The maximum atomic E-state index is 11.4. The van der Waals surface area contributed by atoms with Gasteiger partial charge in [0.2, 0.25) is 10.0 Å². The Bertz CT molecular complexity index is 290. The van der Waals surface area contributed by atoms with E-state index in [1.807, 2.05) is 26.8 Å².